The molecule has 0 N–H and O–H groups in total. The number of hydrogen-bond acceptors (Lipinski definition) is 2. The predicted molar refractivity (Wildman–Crippen MR) is 86.4 cm³/mol. The lowest BCUT2D eigenvalue weighted by Gasteiger charge is -2.06. The van der Waals surface area contributed by atoms with Gasteiger partial charge in [0.25, 0.3) is 0 Å². The molecule has 19 heavy (non-hydrogen) atoms. The molecule has 0 aliphatic rings. The Morgan fingerprint density at radius 1 is 1.32 bits per heavy atom. The van der Waals surface area contributed by atoms with Gasteiger partial charge in [0.05, 0.1) is 25.9 Å². The van der Waals surface area contributed by atoms with Crippen molar-refractivity contribution in [2.45, 2.75) is 31.0 Å². The average molecular weight is 380 g/mol. The third kappa shape index (κ3) is 3.48. The maximum atomic E-state index is 6.02. The Hall–Kier alpha value is -0.160. The van der Waals surface area contributed by atoms with Crippen LogP contribution in [0.1, 0.15) is 18.3 Å². The second kappa shape index (κ2) is 6.53. The van der Waals surface area contributed by atoms with E-state index in [0.717, 1.165) is 27.4 Å². The molecule has 0 saturated heterocycles. The summed E-state index contributed by atoms with van der Waals surface area (Å²) in [5, 5.41) is 5.66. The first-order valence-electron chi connectivity index (χ1n) is 5.82. The Morgan fingerprint density at radius 3 is 2.68 bits per heavy atom. The molecule has 102 valence electrons. The standard InChI is InChI=1S/C13H13BrCl2N2S/c1-3-18-12(13(14)8(2)17-18)7-19-9-4-5-10(15)11(16)6-9/h4-6H,3,7H2,1-2H3. The van der Waals surface area contributed by atoms with Crippen LogP contribution in [-0.2, 0) is 12.3 Å². The number of hydrogen-bond donors (Lipinski definition) is 0. The van der Waals surface area contributed by atoms with Crippen LogP contribution >= 0.6 is 50.9 Å². The van der Waals surface area contributed by atoms with Crippen molar-refractivity contribution >= 4 is 50.9 Å². The van der Waals surface area contributed by atoms with Crippen molar-refractivity contribution in [3.63, 3.8) is 0 Å². The van der Waals surface area contributed by atoms with E-state index in [1.54, 1.807) is 11.8 Å². The summed E-state index contributed by atoms with van der Waals surface area (Å²) in [6.07, 6.45) is 0. The molecule has 2 rings (SSSR count). The van der Waals surface area contributed by atoms with Crippen LogP contribution in [0.15, 0.2) is 27.6 Å². The van der Waals surface area contributed by atoms with Gasteiger partial charge in [0.15, 0.2) is 0 Å². The monoisotopic (exact) mass is 378 g/mol. The van der Waals surface area contributed by atoms with E-state index in [2.05, 4.69) is 28.0 Å². The fourth-order valence-electron chi connectivity index (χ4n) is 1.73. The van der Waals surface area contributed by atoms with Gasteiger partial charge in [-0.3, -0.25) is 4.68 Å². The summed E-state index contributed by atoms with van der Waals surface area (Å²) >= 11 is 17.2. The van der Waals surface area contributed by atoms with E-state index in [9.17, 15) is 0 Å². The first-order valence-corrected chi connectivity index (χ1v) is 8.36. The number of benzene rings is 1. The zero-order chi connectivity index (χ0) is 14.0. The van der Waals surface area contributed by atoms with Gasteiger partial charge in [-0.1, -0.05) is 23.2 Å². The molecule has 1 aromatic heterocycles. The summed E-state index contributed by atoms with van der Waals surface area (Å²) in [6, 6.07) is 5.69. The van der Waals surface area contributed by atoms with Crippen molar-refractivity contribution < 1.29 is 0 Å². The minimum atomic E-state index is 0.585. The Bertz CT molecular complexity index is 599. The Kier molecular flexibility index (Phi) is 5.23. The van der Waals surface area contributed by atoms with Crippen LogP contribution in [0, 0.1) is 6.92 Å². The van der Waals surface area contributed by atoms with Gasteiger partial charge in [-0.2, -0.15) is 5.10 Å². The molecule has 0 aliphatic heterocycles. The molecule has 0 spiro atoms. The summed E-state index contributed by atoms with van der Waals surface area (Å²) in [4.78, 5) is 1.10. The van der Waals surface area contributed by atoms with Gasteiger partial charge in [-0.15, -0.1) is 11.8 Å². The van der Waals surface area contributed by atoms with Gasteiger partial charge < -0.3 is 0 Å². The third-order valence-corrected chi connectivity index (χ3v) is 5.50. The molecule has 0 fully saturated rings. The Morgan fingerprint density at radius 2 is 2.05 bits per heavy atom. The second-order valence-electron chi connectivity index (χ2n) is 4.03. The summed E-state index contributed by atoms with van der Waals surface area (Å²) < 4.78 is 3.10. The molecule has 6 heteroatoms. The van der Waals surface area contributed by atoms with Gasteiger partial charge in [0.2, 0.25) is 0 Å². The zero-order valence-electron chi connectivity index (χ0n) is 10.6. The summed E-state index contributed by atoms with van der Waals surface area (Å²) in [6.45, 7) is 4.96. The fraction of sp³-hybridized carbons (Fsp3) is 0.308. The highest BCUT2D eigenvalue weighted by Gasteiger charge is 2.12. The topological polar surface area (TPSA) is 17.8 Å². The third-order valence-electron chi connectivity index (χ3n) is 2.72. The molecule has 0 saturated carbocycles. The van der Waals surface area contributed by atoms with Gasteiger partial charge in [0, 0.05) is 17.2 Å². The molecule has 0 bridgehead atoms. The summed E-state index contributed by atoms with van der Waals surface area (Å²) in [5.41, 5.74) is 2.21. The van der Waals surface area contributed by atoms with E-state index >= 15 is 0 Å². The highest BCUT2D eigenvalue weighted by atomic mass is 79.9. The molecular weight excluding hydrogens is 367 g/mol. The lowest BCUT2D eigenvalue weighted by atomic mass is 10.4. The first kappa shape index (κ1) is 15.2. The van der Waals surface area contributed by atoms with Gasteiger partial charge in [0.1, 0.15) is 0 Å². The van der Waals surface area contributed by atoms with Gasteiger partial charge in [-0.25, -0.2) is 0 Å². The number of aryl methyl sites for hydroxylation is 2. The van der Waals surface area contributed by atoms with Crippen molar-refractivity contribution in [1.29, 1.82) is 0 Å². The molecule has 0 unspecified atom stereocenters. The largest absolute Gasteiger partial charge is 0.268 e. The first-order chi connectivity index (χ1) is 9.02. The van der Waals surface area contributed by atoms with Crippen LogP contribution in [-0.4, -0.2) is 9.78 Å². The van der Waals surface area contributed by atoms with E-state index in [1.807, 2.05) is 29.8 Å². The fourth-order valence-corrected chi connectivity index (χ4v) is 3.66. The molecule has 2 nitrogen and oxygen atoms in total. The second-order valence-corrected chi connectivity index (χ2v) is 6.68. The molecule has 0 aliphatic carbocycles. The summed E-state index contributed by atoms with van der Waals surface area (Å²) in [5.74, 6) is 0.841. The van der Waals surface area contributed by atoms with Crippen molar-refractivity contribution in [2.24, 2.45) is 0 Å². The van der Waals surface area contributed by atoms with E-state index in [0.29, 0.717) is 10.0 Å². The number of rotatable bonds is 4. The van der Waals surface area contributed by atoms with Gasteiger partial charge in [-0.05, 0) is 48.0 Å². The highest BCUT2D eigenvalue weighted by Crippen LogP contribution is 2.32. The minimum Gasteiger partial charge on any atom is -0.268 e. The lowest BCUT2D eigenvalue weighted by molar-refractivity contribution is 0.631. The molecular formula is C13H13BrCl2N2S. The van der Waals surface area contributed by atoms with Crippen molar-refractivity contribution in [2.75, 3.05) is 0 Å². The molecule has 1 aromatic carbocycles. The Balaban J connectivity index is 2.16. The smallest absolute Gasteiger partial charge is 0.0739 e. The normalized spacial score (nSPS) is 11.0. The minimum absolute atomic E-state index is 0.585. The zero-order valence-corrected chi connectivity index (χ0v) is 14.5. The van der Waals surface area contributed by atoms with Crippen LogP contribution in [0.25, 0.3) is 0 Å². The van der Waals surface area contributed by atoms with Crippen LogP contribution in [0.2, 0.25) is 10.0 Å². The van der Waals surface area contributed by atoms with E-state index in [4.69, 9.17) is 23.2 Å². The molecule has 1 heterocycles. The van der Waals surface area contributed by atoms with Crippen LogP contribution < -0.4 is 0 Å². The predicted octanol–water partition coefficient (Wildman–Crippen LogP) is 5.57. The number of nitrogens with zero attached hydrogens (tertiary/aromatic N) is 2. The van der Waals surface area contributed by atoms with Gasteiger partial charge >= 0.3 is 0 Å². The lowest BCUT2D eigenvalue weighted by Crippen LogP contribution is -2.01. The van der Waals surface area contributed by atoms with Crippen LogP contribution in [0.4, 0.5) is 0 Å². The quantitative estimate of drug-likeness (QED) is 0.646. The van der Waals surface area contributed by atoms with Crippen LogP contribution in [0.5, 0.6) is 0 Å². The molecule has 0 radical (unpaired) electrons. The average Bonchev–Trinajstić information content (AvgIpc) is 2.67. The molecule has 0 atom stereocenters. The van der Waals surface area contributed by atoms with E-state index in [-0.39, 0.29) is 0 Å². The molecule has 2 aromatic rings. The maximum absolute atomic E-state index is 6.02. The maximum Gasteiger partial charge on any atom is 0.0739 e. The number of thioether (sulfide) groups is 1. The highest BCUT2D eigenvalue weighted by molar-refractivity contribution is 9.10. The SMILES string of the molecule is CCn1nc(C)c(Br)c1CSc1ccc(Cl)c(Cl)c1. The van der Waals surface area contributed by atoms with Crippen molar-refractivity contribution in [1.82, 2.24) is 9.78 Å². The Labute approximate surface area is 135 Å². The van der Waals surface area contributed by atoms with Crippen molar-refractivity contribution in [3.8, 4) is 0 Å². The van der Waals surface area contributed by atoms with Crippen molar-refractivity contribution in [3.05, 3.63) is 44.1 Å². The van der Waals surface area contributed by atoms with E-state index in [1.165, 1.54) is 5.69 Å². The van der Waals surface area contributed by atoms with Crippen LogP contribution in [0.3, 0.4) is 0 Å². The summed E-state index contributed by atoms with van der Waals surface area (Å²) in [7, 11) is 0. The number of aromatic nitrogens is 2. The molecule has 0 amide bonds. The van der Waals surface area contributed by atoms with E-state index < -0.39 is 0 Å². The number of halogens is 3.